The third kappa shape index (κ3) is 4.44. The maximum absolute atomic E-state index is 12.5. The van der Waals surface area contributed by atoms with Gasteiger partial charge in [0, 0.05) is 12.4 Å². The van der Waals surface area contributed by atoms with Crippen molar-refractivity contribution in [3.05, 3.63) is 29.6 Å². The summed E-state index contributed by atoms with van der Waals surface area (Å²) in [5, 5.41) is 11.3. The highest BCUT2D eigenvalue weighted by Gasteiger charge is 2.32. The van der Waals surface area contributed by atoms with Crippen LogP contribution in [0.15, 0.2) is 18.5 Å². The monoisotopic (exact) mass is 304 g/mol. The highest BCUT2D eigenvalue weighted by Crippen LogP contribution is 2.28. The Kier molecular flexibility index (Phi) is 5.28. The van der Waals surface area contributed by atoms with E-state index in [0.29, 0.717) is 18.7 Å². The number of amides is 1. The Morgan fingerprint density at radius 2 is 2.00 bits per heavy atom. The molecule has 21 heavy (non-hydrogen) atoms. The van der Waals surface area contributed by atoms with Gasteiger partial charge in [-0.2, -0.15) is 13.2 Å². The van der Waals surface area contributed by atoms with E-state index < -0.39 is 29.7 Å². The van der Waals surface area contributed by atoms with Gasteiger partial charge in [0.25, 0.3) is 5.91 Å². The first-order valence-electron chi connectivity index (χ1n) is 6.22. The van der Waals surface area contributed by atoms with Crippen molar-refractivity contribution >= 4 is 11.9 Å². The van der Waals surface area contributed by atoms with Crippen LogP contribution < -0.4 is 5.32 Å². The third-order valence-corrected chi connectivity index (χ3v) is 3.09. The van der Waals surface area contributed by atoms with Gasteiger partial charge >= 0.3 is 12.1 Å². The number of hydrogen-bond donors (Lipinski definition) is 2. The molecular weight excluding hydrogens is 289 g/mol. The largest absolute Gasteiger partial charge is 0.480 e. The Labute approximate surface area is 119 Å². The number of carbonyl (C=O) groups is 2. The summed E-state index contributed by atoms with van der Waals surface area (Å²) >= 11 is 0. The molecular formula is C13H15F3N2O3. The van der Waals surface area contributed by atoms with Crippen LogP contribution in [-0.4, -0.2) is 28.0 Å². The summed E-state index contributed by atoms with van der Waals surface area (Å²) in [5.74, 6) is -2.50. The van der Waals surface area contributed by atoms with Crippen molar-refractivity contribution in [1.82, 2.24) is 10.3 Å². The maximum atomic E-state index is 12.5. The van der Waals surface area contributed by atoms with Gasteiger partial charge in [0.05, 0.1) is 11.1 Å². The number of carboxylic acid groups (broad SMARTS) is 1. The molecule has 0 fully saturated rings. The van der Waals surface area contributed by atoms with E-state index in [4.69, 9.17) is 5.11 Å². The average molecular weight is 304 g/mol. The first-order chi connectivity index (χ1) is 9.66. The van der Waals surface area contributed by atoms with Gasteiger partial charge in [-0.25, -0.2) is 4.79 Å². The molecule has 0 bridgehead atoms. The van der Waals surface area contributed by atoms with Gasteiger partial charge in [-0.15, -0.1) is 0 Å². The molecule has 8 heteroatoms. The van der Waals surface area contributed by atoms with E-state index in [9.17, 15) is 22.8 Å². The molecule has 1 amide bonds. The molecule has 0 aliphatic carbocycles. The first kappa shape index (κ1) is 16.9. The molecule has 0 aliphatic heterocycles. The molecule has 0 aliphatic rings. The van der Waals surface area contributed by atoms with Crippen molar-refractivity contribution in [2.45, 2.75) is 32.5 Å². The van der Waals surface area contributed by atoms with Crippen molar-refractivity contribution in [3.8, 4) is 0 Å². The topological polar surface area (TPSA) is 79.3 Å². The van der Waals surface area contributed by atoms with Crippen LogP contribution in [0.4, 0.5) is 13.2 Å². The fraction of sp³-hybridized carbons (Fsp3) is 0.462. The zero-order valence-electron chi connectivity index (χ0n) is 11.4. The summed E-state index contributed by atoms with van der Waals surface area (Å²) < 4.78 is 37.6. The minimum absolute atomic E-state index is 0.334. The molecule has 0 aromatic carbocycles. The molecule has 0 saturated heterocycles. The molecule has 0 radical (unpaired) electrons. The van der Waals surface area contributed by atoms with E-state index in [1.807, 2.05) is 0 Å². The number of nitrogens with zero attached hydrogens (tertiary/aromatic N) is 1. The van der Waals surface area contributed by atoms with Crippen LogP contribution in [-0.2, 0) is 11.0 Å². The van der Waals surface area contributed by atoms with E-state index in [1.165, 1.54) is 0 Å². The Morgan fingerprint density at radius 3 is 2.48 bits per heavy atom. The summed E-state index contributed by atoms with van der Waals surface area (Å²) in [5.41, 5.74) is -1.40. The normalized spacial score (nSPS) is 14.3. The second-order valence-electron chi connectivity index (χ2n) is 4.63. The zero-order valence-corrected chi connectivity index (χ0v) is 11.4. The summed E-state index contributed by atoms with van der Waals surface area (Å²) in [6.07, 6.45) is -2.56. The quantitative estimate of drug-likeness (QED) is 0.875. The van der Waals surface area contributed by atoms with Gasteiger partial charge in [-0.05, 0) is 12.0 Å². The third-order valence-electron chi connectivity index (χ3n) is 3.09. The number of pyridine rings is 1. The van der Waals surface area contributed by atoms with Gasteiger partial charge in [0.2, 0.25) is 0 Å². The number of aromatic nitrogens is 1. The van der Waals surface area contributed by atoms with Crippen molar-refractivity contribution in [2.24, 2.45) is 5.92 Å². The van der Waals surface area contributed by atoms with Crippen LogP contribution in [0.1, 0.15) is 36.2 Å². The average Bonchev–Trinajstić information content (AvgIpc) is 2.42. The van der Waals surface area contributed by atoms with Gasteiger partial charge < -0.3 is 10.4 Å². The van der Waals surface area contributed by atoms with E-state index in [2.05, 4.69) is 10.3 Å². The van der Waals surface area contributed by atoms with Gasteiger partial charge in [-0.3, -0.25) is 9.78 Å². The van der Waals surface area contributed by atoms with E-state index in [1.54, 1.807) is 13.8 Å². The molecule has 116 valence electrons. The van der Waals surface area contributed by atoms with Crippen LogP contribution in [0.3, 0.4) is 0 Å². The lowest BCUT2D eigenvalue weighted by Gasteiger charge is -2.20. The van der Waals surface area contributed by atoms with E-state index >= 15 is 0 Å². The van der Waals surface area contributed by atoms with Crippen molar-refractivity contribution < 1.29 is 27.9 Å². The molecule has 0 saturated carbocycles. The highest BCUT2D eigenvalue weighted by molar-refractivity contribution is 5.96. The number of halogens is 3. The number of hydrogen-bond acceptors (Lipinski definition) is 3. The van der Waals surface area contributed by atoms with Crippen LogP contribution in [0, 0.1) is 5.92 Å². The number of rotatable bonds is 5. The lowest BCUT2D eigenvalue weighted by atomic mass is 9.99. The van der Waals surface area contributed by atoms with E-state index in [-0.39, 0.29) is 11.5 Å². The maximum Gasteiger partial charge on any atom is 0.417 e. The van der Waals surface area contributed by atoms with Crippen molar-refractivity contribution in [1.29, 1.82) is 0 Å². The number of nitrogens with one attached hydrogen (secondary N) is 1. The Hall–Kier alpha value is -2.12. The predicted octanol–water partition coefficient (Wildman–Crippen LogP) is 2.33. The predicted molar refractivity (Wildman–Crippen MR) is 67.6 cm³/mol. The minimum atomic E-state index is -4.62. The first-order valence-corrected chi connectivity index (χ1v) is 6.22. The molecule has 2 N–H and O–H groups in total. The molecule has 2 atom stereocenters. The summed E-state index contributed by atoms with van der Waals surface area (Å²) in [4.78, 5) is 26.3. The van der Waals surface area contributed by atoms with Crippen molar-refractivity contribution in [3.63, 3.8) is 0 Å². The summed E-state index contributed by atoms with van der Waals surface area (Å²) in [7, 11) is 0. The number of alkyl halides is 3. The lowest BCUT2D eigenvalue weighted by Crippen LogP contribution is -2.45. The number of carbonyl (C=O) groups excluding carboxylic acids is 1. The number of carboxylic acids is 1. The molecule has 1 aromatic rings. The van der Waals surface area contributed by atoms with Crippen molar-refractivity contribution in [2.75, 3.05) is 0 Å². The minimum Gasteiger partial charge on any atom is -0.480 e. The van der Waals surface area contributed by atoms with Gasteiger partial charge in [0.1, 0.15) is 6.04 Å². The molecule has 1 rings (SSSR count). The molecule has 0 spiro atoms. The Morgan fingerprint density at radius 1 is 1.38 bits per heavy atom. The summed E-state index contributed by atoms with van der Waals surface area (Å²) in [6.45, 7) is 3.38. The highest BCUT2D eigenvalue weighted by atomic mass is 19.4. The Bertz CT molecular complexity index is 532. The molecule has 5 nitrogen and oxygen atoms in total. The molecule has 0 unspecified atom stereocenters. The Balaban J connectivity index is 2.96. The summed E-state index contributed by atoms with van der Waals surface area (Å²) in [6, 6.07) is -0.533. The fourth-order valence-electron chi connectivity index (χ4n) is 1.63. The standard InChI is InChI=1S/C13H15F3N2O3/c1-3-7(2)10(12(20)21)18-11(19)8-4-9(6-17-5-8)13(14,15)16/h4-7,10H,3H2,1-2H3,(H,18,19)(H,20,21)/t7-,10-/m0/s1. The van der Waals surface area contributed by atoms with Gasteiger partial charge in [0.15, 0.2) is 0 Å². The zero-order chi connectivity index (χ0) is 16.2. The van der Waals surface area contributed by atoms with Crippen LogP contribution >= 0.6 is 0 Å². The molecule has 1 aromatic heterocycles. The van der Waals surface area contributed by atoms with Gasteiger partial charge in [-0.1, -0.05) is 20.3 Å². The second kappa shape index (κ2) is 6.55. The SMILES string of the molecule is CC[C@H](C)[C@H](NC(=O)c1cncc(C(F)(F)F)c1)C(=O)O. The second-order valence-corrected chi connectivity index (χ2v) is 4.63. The van der Waals surface area contributed by atoms with E-state index in [0.717, 1.165) is 6.20 Å². The fourth-order valence-corrected chi connectivity index (χ4v) is 1.63. The molecule has 1 heterocycles. The smallest absolute Gasteiger partial charge is 0.417 e. The van der Waals surface area contributed by atoms with Crippen LogP contribution in [0.2, 0.25) is 0 Å². The van der Waals surface area contributed by atoms with Crippen LogP contribution in [0.5, 0.6) is 0 Å². The van der Waals surface area contributed by atoms with Crippen LogP contribution in [0.25, 0.3) is 0 Å². The number of aliphatic carboxylic acids is 1. The lowest BCUT2D eigenvalue weighted by molar-refractivity contribution is -0.140.